The number of amides is 4. The van der Waals surface area contributed by atoms with Gasteiger partial charge in [0, 0.05) is 16.3 Å². The Kier molecular flexibility index (Phi) is 15.5. The molecule has 0 aliphatic rings. The number of carboxylic acid groups (broad SMARTS) is 1. The normalized spacial score (nSPS) is 12.9. The number of aromatic carboxylic acids is 1. The van der Waals surface area contributed by atoms with Crippen molar-refractivity contribution in [3.8, 4) is 22.0 Å². The second kappa shape index (κ2) is 21.0. The lowest BCUT2D eigenvalue weighted by Crippen LogP contribution is -2.49. The SMILES string of the molecule is Cc1oc(CNC(=O)[C@@H](NC(=O)c2csc(-c3ccc(COCc4ccccc4)nc3-c3nc([C@H](C)NC(=O)OC(C)(C)C)oc3C)n2)C(C)C)nc1C(=O)N[C@@H](C)c1nc(C(=O)O)cs1. The number of hydrogen-bond donors (Lipinski definition) is 5. The molecule has 348 valence electrons. The number of carboxylic acids is 1. The molecule has 19 nitrogen and oxygen atoms in total. The maximum absolute atomic E-state index is 13.7. The Morgan fingerprint density at radius 3 is 2.17 bits per heavy atom. The molecule has 3 atom stereocenters. The van der Waals surface area contributed by atoms with Crippen LogP contribution in [0.4, 0.5) is 4.79 Å². The Balaban J connectivity index is 1.15. The van der Waals surface area contributed by atoms with Crippen molar-refractivity contribution in [1.29, 1.82) is 0 Å². The first-order chi connectivity index (χ1) is 31.3. The van der Waals surface area contributed by atoms with Crippen LogP contribution in [-0.2, 0) is 34.0 Å². The van der Waals surface area contributed by atoms with E-state index < -0.39 is 53.5 Å². The van der Waals surface area contributed by atoms with Gasteiger partial charge in [0.15, 0.2) is 11.4 Å². The van der Waals surface area contributed by atoms with Gasteiger partial charge in [0.05, 0.1) is 31.5 Å². The molecule has 0 aliphatic carbocycles. The average molecular weight is 942 g/mol. The van der Waals surface area contributed by atoms with Crippen molar-refractivity contribution < 1.29 is 47.4 Å². The molecule has 0 saturated heterocycles. The summed E-state index contributed by atoms with van der Waals surface area (Å²) in [5.41, 5.74) is 2.20. The molecular weight excluding hydrogens is 891 g/mol. The Morgan fingerprint density at radius 2 is 1.48 bits per heavy atom. The molecular formula is C45H51N9O10S2. The third-order valence-electron chi connectivity index (χ3n) is 9.59. The van der Waals surface area contributed by atoms with Crippen molar-refractivity contribution in [3.63, 3.8) is 0 Å². The minimum atomic E-state index is -1.17. The molecule has 1 aromatic carbocycles. The lowest BCUT2D eigenvalue weighted by molar-refractivity contribution is -0.124. The van der Waals surface area contributed by atoms with Gasteiger partial charge in [0.1, 0.15) is 56.3 Å². The fourth-order valence-electron chi connectivity index (χ4n) is 6.32. The highest BCUT2D eigenvalue weighted by atomic mass is 32.1. The smallest absolute Gasteiger partial charge is 0.408 e. The van der Waals surface area contributed by atoms with Gasteiger partial charge in [-0.3, -0.25) is 14.4 Å². The van der Waals surface area contributed by atoms with Crippen molar-refractivity contribution in [2.24, 2.45) is 5.92 Å². The van der Waals surface area contributed by atoms with E-state index in [1.807, 2.05) is 36.4 Å². The second-order valence-corrected chi connectivity index (χ2v) is 18.3. The van der Waals surface area contributed by atoms with Crippen LogP contribution in [0.1, 0.15) is 132 Å². The number of thiazole rings is 2. The van der Waals surface area contributed by atoms with E-state index in [1.165, 1.54) is 16.7 Å². The number of carbonyl (C=O) groups excluding carboxylic acids is 4. The van der Waals surface area contributed by atoms with Crippen LogP contribution in [0.2, 0.25) is 0 Å². The van der Waals surface area contributed by atoms with Crippen molar-refractivity contribution in [1.82, 2.24) is 46.2 Å². The Bertz CT molecular complexity index is 2700. The minimum Gasteiger partial charge on any atom is -0.476 e. The van der Waals surface area contributed by atoms with E-state index in [0.717, 1.165) is 16.9 Å². The van der Waals surface area contributed by atoms with Crippen LogP contribution in [-0.4, -0.2) is 71.5 Å². The number of nitrogens with one attached hydrogen (secondary N) is 4. The molecule has 0 saturated carbocycles. The van der Waals surface area contributed by atoms with Gasteiger partial charge in [-0.1, -0.05) is 44.2 Å². The van der Waals surface area contributed by atoms with E-state index in [1.54, 1.807) is 73.8 Å². The highest BCUT2D eigenvalue weighted by Gasteiger charge is 2.29. The average Bonchev–Trinajstić information content (AvgIpc) is 4.08. The number of hydrogen-bond acceptors (Lipinski definition) is 16. The van der Waals surface area contributed by atoms with Gasteiger partial charge in [-0.2, -0.15) is 0 Å². The quantitative estimate of drug-likeness (QED) is 0.0559. The zero-order chi connectivity index (χ0) is 47.9. The van der Waals surface area contributed by atoms with E-state index in [-0.39, 0.29) is 53.7 Å². The van der Waals surface area contributed by atoms with Gasteiger partial charge >= 0.3 is 12.1 Å². The van der Waals surface area contributed by atoms with Crippen LogP contribution < -0.4 is 21.3 Å². The molecule has 5 N–H and O–H groups in total. The lowest BCUT2D eigenvalue weighted by atomic mass is 10.0. The summed E-state index contributed by atoms with van der Waals surface area (Å²) in [6.45, 7) is 15.9. The number of nitrogens with zero attached hydrogens (tertiary/aromatic N) is 5. The summed E-state index contributed by atoms with van der Waals surface area (Å²) in [5.74, 6) is -2.29. The molecule has 0 bridgehead atoms. The lowest BCUT2D eigenvalue weighted by Gasteiger charge is -2.21. The Hall–Kier alpha value is -6.84. The largest absolute Gasteiger partial charge is 0.476 e. The molecule has 0 aliphatic heterocycles. The van der Waals surface area contributed by atoms with E-state index in [4.69, 9.17) is 28.3 Å². The molecule has 5 aromatic heterocycles. The molecule has 21 heteroatoms. The highest BCUT2D eigenvalue weighted by Crippen LogP contribution is 2.35. The summed E-state index contributed by atoms with van der Waals surface area (Å²) in [7, 11) is 0. The summed E-state index contributed by atoms with van der Waals surface area (Å²) in [6.07, 6.45) is -0.630. The fourth-order valence-corrected chi connectivity index (χ4v) is 7.95. The number of aromatic nitrogens is 5. The predicted octanol–water partition coefficient (Wildman–Crippen LogP) is 7.48. The zero-order valence-corrected chi connectivity index (χ0v) is 39.4. The van der Waals surface area contributed by atoms with Crippen LogP contribution >= 0.6 is 22.7 Å². The Morgan fingerprint density at radius 1 is 0.758 bits per heavy atom. The summed E-state index contributed by atoms with van der Waals surface area (Å²) in [6, 6.07) is 11.1. The van der Waals surface area contributed by atoms with Crippen molar-refractivity contribution in [2.75, 3.05) is 0 Å². The molecule has 0 radical (unpaired) electrons. The second-order valence-electron chi connectivity index (χ2n) is 16.5. The van der Waals surface area contributed by atoms with Gasteiger partial charge in [0.25, 0.3) is 11.8 Å². The van der Waals surface area contributed by atoms with E-state index >= 15 is 0 Å². The van der Waals surface area contributed by atoms with Gasteiger partial charge < -0.3 is 44.7 Å². The van der Waals surface area contributed by atoms with Crippen LogP contribution in [0.25, 0.3) is 22.0 Å². The van der Waals surface area contributed by atoms with E-state index in [9.17, 15) is 29.1 Å². The third-order valence-corrected chi connectivity index (χ3v) is 11.5. The topological polar surface area (TPSA) is 263 Å². The zero-order valence-electron chi connectivity index (χ0n) is 37.8. The summed E-state index contributed by atoms with van der Waals surface area (Å²) >= 11 is 2.30. The van der Waals surface area contributed by atoms with E-state index in [0.29, 0.717) is 45.0 Å². The fraction of sp³-hybridized carbons (Fsp3) is 0.378. The van der Waals surface area contributed by atoms with Crippen molar-refractivity contribution >= 4 is 52.5 Å². The molecule has 0 unspecified atom stereocenters. The number of alkyl carbamates (subject to hydrolysis) is 1. The number of aryl methyl sites for hydroxylation is 2. The maximum atomic E-state index is 13.7. The van der Waals surface area contributed by atoms with Gasteiger partial charge in [-0.05, 0) is 72.1 Å². The first-order valence-electron chi connectivity index (χ1n) is 20.8. The van der Waals surface area contributed by atoms with Gasteiger partial charge in [0.2, 0.25) is 17.7 Å². The number of carbonyl (C=O) groups is 5. The van der Waals surface area contributed by atoms with Crippen LogP contribution in [0.15, 0.2) is 62.1 Å². The van der Waals surface area contributed by atoms with Crippen molar-refractivity contribution in [3.05, 3.63) is 110 Å². The molecule has 0 spiro atoms. The molecule has 6 rings (SSSR count). The number of benzene rings is 1. The highest BCUT2D eigenvalue weighted by molar-refractivity contribution is 7.13. The van der Waals surface area contributed by atoms with Crippen LogP contribution in [0.3, 0.4) is 0 Å². The number of ether oxygens (including phenoxy) is 2. The van der Waals surface area contributed by atoms with E-state index in [2.05, 4.69) is 36.2 Å². The van der Waals surface area contributed by atoms with Crippen LogP contribution in [0.5, 0.6) is 0 Å². The number of pyridine rings is 1. The third kappa shape index (κ3) is 12.5. The van der Waals surface area contributed by atoms with Crippen molar-refractivity contribution in [2.45, 2.75) is 106 Å². The monoisotopic (exact) mass is 941 g/mol. The van der Waals surface area contributed by atoms with Gasteiger partial charge in [-0.15, -0.1) is 22.7 Å². The standard InChI is InChI=1S/C45H51N9O10S2/c1-22(2)33(38(56)46-17-32-52-35(26(6)62-32)39(57)47-24(4)41-51-31(21-65-41)43(58)59)53-37(55)30-20-66-42(50-30)29-16-15-28(19-61-18-27-13-11-10-12-14-27)49-36(29)34-25(5)63-40(54-34)23(3)48-44(60)64-45(7,8)9/h10-16,20-24,33H,17-19H2,1-9H3,(H,46,56)(H,47,57)(H,48,60)(H,53,55)(H,58,59)/t23-,24-,33-/m0/s1. The minimum absolute atomic E-state index is 0.0116. The summed E-state index contributed by atoms with van der Waals surface area (Å²) < 4.78 is 23.1. The summed E-state index contributed by atoms with van der Waals surface area (Å²) in [5, 5.41) is 24.0. The first kappa shape index (κ1) is 48.6. The summed E-state index contributed by atoms with van der Waals surface area (Å²) in [4.78, 5) is 86.7. The maximum Gasteiger partial charge on any atom is 0.408 e. The molecule has 5 heterocycles. The molecule has 0 fully saturated rings. The first-order valence-corrected chi connectivity index (χ1v) is 22.6. The van der Waals surface area contributed by atoms with Crippen LogP contribution in [0, 0.1) is 19.8 Å². The predicted molar refractivity (Wildman–Crippen MR) is 242 cm³/mol. The molecule has 66 heavy (non-hydrogen) atoms. The number of oxazole rings is 2. The van der Waals surface area contributed by atoms with Gasteiger partial charge in [-0.25, -0.2) is 34.5 Å². The number of rotatable bonds is 18. The Labute approximate surface area is 388 Å². The molecule has 4 amide bonds. The molecule has 6 aromatic rings.